The lowest BCUT2D eigenvalue weighted by Gasteiger charge is -2.21. The van der Waals surface area contributed by atoms with Crippen LogP contribution in [0.4, 0.5) is 0 Å². The first kappa shape index (κ1) is 18.3. The van der Waals surface area contributed by atoms with Crippen molar-refractivity contribution in [3.05, 3.63) is 35.9 Å². The summed E-state index contributed by atoms with van der Waals surface area (Å²) in [4.78, 5) is 14.5. The van der Waals surface area contributed by atoms with Gasteiger partial charge in [-0.05, 0) is 31.7 Å². The zero-order valence-electron chi connectivity index (χ0n) is 14.0. The highest BCUT2D eigenvalue weighted by molar-refractivity contribution is 8.23. The van der Waals surface area contributed by atoms with Gasteiger partial charge < -0.3 is 10.2 Å². The monoisotopic (exact) mass is 350 g/mol. The van der Waals surface area contributed by atoms with Gasteiger partial charge in [-0.15, -0.1) is 0 Å². The smallest absolute Gasteiger partial charge is 0.233 e. The van der Waals surface area contributed by atoms with Crippen LogP contribution in [0.15, 0.2) is 30.3 Å². The van der Waals surface area contributed by atoms with Gasteiger partial charge in [0.1, 0.15) is 4.32 Å². The molecule has 0 spiro atoms. The van der Waals surface area contributed by atoms with Gasteiger partial charge in [-0.2, -0.15) is 0 Å². The Bertz CT molecular complexity index is 515. The molecule has 5 heteroatoms. The van der Waals surface area contributed by atoms with Gasteiger partial charge in [0, 0.05) is 25.6 Å². The number of carbonyl (C=O) groups excluding carboxylic acids is 1. The van der Waals surface area contributed by atoms with E-state index < -0.39 is 0 Å². The number of hydrogen-bond donors (Lipinski definition) is 1. The van der Waals surface area contributed by atoms with Crippen molar-refractivity contribution >= 4 is 34.2 Å². The molecule has 0 saturated carbocycles. The average molecular weight is 351 g/mol. The number of likely N-dealkylation sites (tertiary alicyclic amines) is 1. The van der Waals surface area contributed by atoms with E-state index in [9.17, 15) is 4.79 Å². The van der Waals surface area contributed by atoms with E-state index >= 15 is 0 Å². The minimum absolute atomic E-state index is 0.0749. The zero-order chi connectivity index (χ0) is 16.7. The highest BCUT2D eigenvalue weighted by Gasteiger charge is 2.21. The fraction of sp³-hybridized carbons (Fsp3) is 0.556. The first-order chi connectivity index (χ1) is 11.1. The Morgan fingerprint density at radius 2 is 1.96 bits per heavy atom. The van der Waals surface area contributed by atoms with Crippen LogP contribution in [-0.4, -0.2) is 40.0 Å². The largest absolute Gasteiger partial charge is 0.358 e. The molecular formula is C18H26N2OS2. The topological polar surface area (TPSA) is 32.3 Å². The molecule has 1 aromatic carbocycles. The normalized spacial score (nSPS) is 16.9. The van der Waals surface area contributed by atoms with Gasteiger partial charge in [-0.25, -0.2) is 0 Å². The van der Waals surface area contributed by atoms with E-state index in [-0.39, 0.29) is 11.2 Å². The van der Waals surface area contributed by atoms with E-state index in [1.807, 2.05) is 25.1 Å². The van der Waals surface area contributed by atoms with Crippen LogP contribution in [0.2, 0.25) is 0 Å². The van der Waals surface area contributed by atoms with Gasteiger partial charge in [0.15, 0.2) is 0 Å². The first-order valence-electron chi connectivity index (χ1n) is 8.40. The van der Waals surface area contributed by atoms with Crippen molar-refractivity contribution < 1.29 is 4.79 Å². The Labute approximate surface area is 149 Å². The maximum absolute atomic E-state index is 12.3. The van der Waals surface area contributed by atoms with Crippen molar-refractivity contribution in [2.75, 3.05) is 19.6 Å². The number of hydrogen-bond acceptors (Lipinski definition) is 3. The zero-order valence-corrected chi connectivity index (χ0v) is 15.6. The molecule has 0 radical (unpaired) electrons. The molecule has 23 heavy (non-hydrogen) atoms. The van der Waals surface area contributed by atoms with Crippen molar-refractivity contribution in [2.24, 2.45) is 0 Å². The molecule has 1 fully saturated rings. The Morgan fingerprint density at radius 3 is 2.57 bits per heavy atom. The predicted octanol–water partition coefficient (Wildman–Crippen LogP) is 3.80. The van der Waals surface area contributed by atoms with E-state index in [0.29, 0.717) is 12.5 Å². The third-order valence-electron chi connectivity index (χ3n) is 4.30. The lowest BCUT2D eigenvalue weighted by Crippen LogP contribution is -2.36. The molecule has 1 amide bonds. The molecule has 1 heterocycles. The van der Waals surface area contributed by atoms with E-state index in [1.165, 1.54) is 30.2 Å². The molecule has 2 atom stereocenters. The quantitative estimate of drug-likeness (QED) is 0.791. The SMILES string of the molecule is CC[C@H](CNC(=O)[C@@H](C)SC(=S)N1CCCC1)c1ccccc1. The molecule has 1 aromatic rings. The average Bonchev–Trinajstić information content (AvgIpc) is 3.10. The van der Waals surface area contributed by atoms with Crippen LogP contribution < -0.4 is 5.32 Å². The summed E-state index contributed by atoms with van der Waals surface area (Å²) in [6.45, 7) is 6.84. The van der Waals surface area contributed by atoms with Crippen LogP contribution in [0.1, 0.15) is 44.6 Å². The molecule has 1 N–H and O–H groups in total. The lowest BCUT2D eigenvalue weighted by molar-refractivity contribution is -0.120. The number of nitrogens with one attached hydrogen (secondary N) is 1. The molecule has 0 aromatic heterocycles. The molecule has 126 valence electrons. The third-order valence-corrected chi connectivity index (χ3v) is 5.87. The van der Waals surface area contributed by atoms with E-state index in [1.54, 1.807) is 0 Å². The third kappa shape index (κ3) is 5.50. The van der Waals surface area contributed by atoms with Gasteiger partial charge in [0.2, 0.25) is 5.91 Å². The van der Waals surface area contributed by atoms with Crippen LogP contribution in [0.5, 0.6) is 0 Å². The molecule has 1 aliphatic rings. The van der Waals surface area contributed by atoms with Gasteiger partial charge >= 0.3 is 0 Å². The van der Waals surface area contributed by atoms with Crippen molar-refractivity contribution in [3.8, 4) is 0 Å². The number of amides is 1. The minimum Gasteiger partial charge on any atom is -0.358 e. The molecule has 0 aliphatic carbocycles. The van der Waals surface area contributed by atoms with Crippen LogP contribution in [0.3, 0.4) is 0 Å². The summed E-state index contributed by atoms with van der Waals surface area (Å²) in [6.07, 6.45) is 3.42. The maximum Gasteiger partial charge on any atom is 0.233 e. The minimum atomic E-state index is -0.142. The predicted molar refractivity (Wildman–Crippen MR) is 103 cm³/mol. The Balaban J connectivity index is 1.79. The van der Waals surface area contributed by atoms with Crippen molar-refractivity contribution in [1.82, 2.24) is 10.2 Å². The molecule has 2 rings (SSSR count). The molecule has 3 nitrogen and oxygen atoms in total. The second-order valence-electron chi connectivity index (χ2n) is 5.98. The van der Waals surface area contributed by atoms with Gasteiger partial charge in [0.05, 0.1) is 5.25 Å². The number of thiocarbonyl (C=S) groups is 1. The van der Waals surface area contributed by atoms with Crippen LogP contribution in [0.25, 0.3) is 0 Å². The standard InChI is InChI=1S/C18H26N2OS2/c1-3-15(16-9-5-4-6-10-16)13-19-17(21)14(2)23-18(22)20-11-7-8-12-20/h4-6,9-10,14-15H,3,7-8,11-13H2,1-2H3,(H,19,21)/t14-,15-/m1/s1. The molecule has 1 aliphatic heterocycles. The lowest BCUT2D eigenvalue weighted by atomic mass is 9.96. The summed E-state index contributed by atoms with van der Waals surface area (Å²) in [5, 5.41) is 2.95. The highest BCUT2D eigenvalue weighted by Crippen LogP contribution is 2.21. The van der Waals surface area contributed by atoms with Crippen LogP contribution >= 0.6 is 24.0 Å². The summed E-state index contributed by atoms with van der Waals surface area (Å²) in [5.41, 5.74) is 1.28. The van der Waals surface area contributed by atoms with Gasteiger partial charge in [-0.3, -0.25) is 4.79 Å². The summed E-state index contributed by atoms with van der Waals surface area (Å²) in [6, 6.07) is 10.4. The number of thioether (sulfide) groups is 1. The second kappa shape index (κ2) is 9.28. The van der Waals surface area contributed by atoms with Gasteiger partial charge in [-0.1, -0.05) is 61.2 Å². The fourth-order valence-electron chi connectivity index (χ4n) is 2.77. The van der Waals surface area contributed by atoms with Crippen LogP contribution in [-0.2, 0) is 4.79 Å². The Hall–Kier alpha value is -1.07. The second-order valence-corrected chi connectivity index (χ2v) is 7.96. The summed E-state index contributed by atoms with van der Waals surface area (Å²) >= 11 is 6.96. The Kier molecular flexibility index (Phi) is 7.37. The number of rotatable bonds is 6. The highest BCUT2D eigenvalue weighted by atomic mass is 32.2. The molecule has 0 unspecified atom stereocenters. The molecule has 0 bridgehead atoms. The van der Waals surface area contributed by atoms with E-state index in [0.717, 1.165) is 23.8 Å². The van der Waals surface area contributed by atoms with Gasteiger partial charge in [0.25, 0.3) is 0 Å². The summed E-state index contributed by atoms with van der Waals surface area (Å²) in [7, 11) is 0. The fourth-order valence-corrected chi connectivity index (χ4v) is 4.21. The van der Waals surface area contributed by atoms with Crippen molar-refractivity contribution in [3.63, 3.8) is 0 Å². The number of benzene rings is 1. The number of carbonyl (C=O) groups is 1. The number of nitrogens with zero attached hydrogens (tertiary/aromatic N) is 1. The van der Waals surface area contributed by atoms with Crippen LogP contribution in [0, 0.1) is 0 Å². The molecule has 1 saturated heterocycles. The maximum atomic E-state index is 12.3. The first-order valence-corrected chi connectivity index (χ1v) is 9.68. The summed E-state index contributed by atoms with van der Waals surface area (Å²) in [5.74, 6) is 0.439. The van der Waals surface area contributed by atoms with Crippen molar-refractivity contribution in [2.45, 2.75) is 44.3 Å². The van der Waals surface area contributed by atoms with E-state index in [2.05, 4.69) is 29.3 Å². The van der Waals surface area contributed by atoms with E-state index in [4.69, 9.17) is 12.2 Å². The summed E-state index contributed by atoms with van der Waals surface area (Å²) < 4.78 is 0.861. The Morgan fingerprint density at radius 1 is 1.30 bits per heavy atom. The van der Waals surface area contributed by atoms with Crippen molar-refractivity contribution in [1.29, 1.82) is 0 Å². The molecular weight excluding hydrogens is 324 g/mol.